The van der Waals surface area contributed by atoms with E-state index in [9.17, 15) is 0 Å². The van der Waals surface area contributed by atoms with Gasteiger partial charge in [-0.15, -0.1) is 0 Å². The summed E-state index contributed by atoms with van der Waals surface area (Å²) in [5, 5.41) is 0. The minimum absolute atomic E-state index is 0.0292. The first-order valence-corrected chi connectivity index (χ1v) is 23.1. The fraction of sp³-hybridized carbons (Fsp3) is 0.0968. The van der Waals surface area contributed by atoms with Gasteiger partial charge in [-0.3, -0.25) is 0 Å². The maximum Gasteiger partial charge on any atom is 0.127 e. The van der Waals surface area contributed by atoms with Gasteiger partial charge >= 0.3 is 0 Å². The van der Waals surface area contributed by atoms with Crippen LogP contribution >= 0.6 is 0 Å². The molecule has 8 nitrogen and oxygen atoms in total. The Bertz CT molecular complexity index is 2990. The van der Waals surface area contributed by atoms with Crippen LogP contribution in [0, 0.1) is 0 Å². The van der Waals surface area contributed by atoms with Gasteiger partial charge in [0.2, 0.25) is 0 Å². The second kappa shape index (κ2) is 24.8. The average Bonchev–Trinajstić information content (AvgIpc) is 4.23. The maximum absolute atomic E-state index is 6.13. The summed E-state index contributed by atoms with van der Waals surface area (Å²) in [6.45, 7) is 6.20. The molecule has 8 heterocycles. The molecule has 0 aliphatic heterocycles. The van der Waals surface area contributed by atoms with E-state index in [0.29, 0.717) is 0 Å². The smallest absolute Gasteiger partial charge is 0.127 e. The van der Waals surface area contributed by atoms with Crippen molar-refractivity contribution in [1.29, 1.82) is 0 Å². The molecule has 0 bridgehead atoms. The van der Waals surface area contributed by atoms with Crippen molar-refractivity contribution >= 4 is 48.6 Å². The zero-order valence-electron chi connectivity index (χ0n) is 39.2. The van der Waals surface area contributed by atoms with Crippen LogP contribution < -0.4 is 0 Å². The van der Waals surface area contributed by atoms with Crippen LogP contribution in [0.25, 0.3) is 48.6 Å². The quantitative estimate of drug-likeness (QED) is 0.0619. The highest BCUT2D eigenvalue weighted by molar-refractivity contribution is 5.53. The van der Waals surface area contributed by atoms with Crippen LogP contribution in [0.4, 0.5) is 0 Å². The number of hydrogen-bond donors (Lipinski definition) is 0. The number of furan rings is 8. The van der Waals surface area contributed by atoms with E-state index in [4.69, 9.17) is 35.3 Å². The Balaban J connectivity index is 0.736. The van der Waals surface area contributed by atoms with Gasteiger partial charge in [0, 0.05) is 0 Å². The second-order valence-corrected chi connectivity index (χ2v) is 16.0. The van der Waals surface area contributed by atoms with E-state index in [2.05, 4.69) is 20.8 Å². The van der Waals surface area contributed by atoms with E-state index in [1.54, 1.807) is 12.5 Å². The number of hydrogen-bond acceptors (Lipinski definition) is 8. The molecule has 0 spiro atoms. The summed E-state index contributed by atoms with van der Waals surface area (Å²) in [5.41, 5.74) is 0. The Hall–Kier alpha value is -8.88. The summed E-state index contributed by atoms with van der Waals surface area (Å²) >= 11 is 0. The molecule has 2 unspecified atom stereocenters. The topological polar surface area (TPSA) is 105 Å². The predicted octanol–water partition coefficient (Wildman–Crippen LogP) is 18.0. The molecule has 0 aliphatic rings. The van der Waals surface area contributed by atoms with Crippen LogP contribution in [0.2, 0.25) is 0 Å². The normalized spacial score (nSPS) is 14.5. The molecule has 0 amide bonds. The lowest BCUT2D eigenvalue weighted by Gasteiger charge is -2.04. The summed E-state index contributed by atoms with van der Waals surface area (Å²) in [6.07, 6.45) is 49.7. The van der Waals surface area contributed by atoms with Gasteiger partial charge in [0.15, 0.2) is 0 Å². The fourth-order valence-electron chi connectivity index (χ4n) is 7.05. The van der Waals surface area contributed by atoms with Crippen molar-refractivity contribution in [3.05, 3.63) is 287 Å². The SMILES string of the molecule is CC(c1ccc(/C=C/C=C/C=C/c2ccco2)o1)c1ccc(/C=C/C=C/C=C/c2ccc(C(C)c3ccc(/C=C/C=C/C=C/c4ccc(C(C)c5ccc(/C=C/C=C/C=C/c6ccco6)o5)o4)o3)o2)o1. The molecule has 70 heavy (non-hydrogen) atoms. The molecule has 0 aromatic carbocycles. The van der Waals surface area contributed by atoms with Crippen LogP contribution in [-0.2, 0) is 0 Å². The zero-order valence-corrected chi connectivity index (χ0v) is 39.2. The Morgan fingerprint density at radius 2 is 0.443 bits per heavy atom. The number of rotatable bonds is 22. The van der Waals surface area contributed by atoms with Gasteiger partial charge in [-0.2, -0.15) is 0 Å². The largest absolute Gasteiger partial charge is 0.465 e. The highest BCUT2D eigenvalue weighted by Crippen LogP contribution is 2.31. The highest BCUT2D eigenvalue weighted by atomic mass is 16.4. The van der Waals surface area contributed by atoms with Gasteiger partial charge in [-0.1, -0.05) is 97.2 Å². The average molecular weight is 927 g/mol. The Morgan fingerprint density at radius 3 is 0.629 bits per heavy atom. The van der Waals surface area contributed by atoms with Crippen molar-refractivity contribution in [2.24, 2.45) is 0 Å². The molecule has 0 radical (unpaired) electrons. The third-order valence-corrected chi connectivity index (χ3v) is 10.9. The molecule has 8 aromatic rings. The van der Waals surface area contributed by atoms with E-state index < -0.39 is 0 Å². The van der Waals surface area contributed by atoms with Gasteiger partial charge in [-0.05, 0) is 166 Å². The Labute approximate surface area is 408 Å². The molecule has 0 N–H and O–H groups in total. The van der Waals surface area contributed by atoms with E-state index in [0.717, 1.165) is 80.6 Å². The molecule has 8 rings (SSSR count). The van der Waals surface area contributed by atoms with Crippen molar-refractivity contribution in [2.45, 2.75) is 38.5 Å². The molecule has 8 aromatic heterocycles. The van der Waals surface area contributed by atoms with E-state index in [1.165, 1.54) is 0 Å². The lowest BCUT2D eigenvalue weighted by Crippen LogP contribution is -1.91. The molecular formula is C62H54O8. The molecule has 0 saturated heterocycles. The van der Waals surface area contributed by atoms with Crippen molar-refractivity contribution < 1.29 is 35.3 Å². The fourth-order valence-corrected chi connectivity index (χ4v) is 7.05. The van der Waals surface area contributed by atoms with Crippen LogP contribution in [0.15, 0.2) is 242 Å². The standard InChI is InChI=1S/C62H54O8/c1-46(57-38-32-51(65-57)24-14-6-4-12-22-49-30-20-44-63-49)59-40-34-53(67-59)26-16-8-10-18-28-55-36-42-61(69-55)48(3)62-43-37-56(70-62)29-19-11-9-17-27-54-35-41-60(68-54)47(2)58-39-33-52(66-58)25-15-7-5-13-23-50-31-21-45-64-50/h4-48H,1-3H3/b6-4+,7-5+,10-8+,11-9+,22-12+,23-13+,24-14+,25-15+,26-16+,27-17+,28-18+,29-19+. The molecule has 350 valence electrons. The van der Waals surface area contributed by atoms with Gasteiger partial charge in [0.05, 0.1) is 30.3 Å². The molecule has 0 aliphatic carbocycles. The predicted molar refractivity (Wildman–Crippen MR) is 281 cm³/mol. The van der Waals surface area contributed by atoms with Crippen LogP contribution in [0.5, 0.6) is 0 Å². The van der Waals surface area contributed by atoms with Gasteiger partial charge in [0.25, 0.3) is 0 Å². The van der Waals surface area contributed by atoms with Crippen molar-refractivity contribution in [3.63, 3.8) is 0 Å². The minimum atomic E-state index is -0.0511. The first-order chi connectivity index (χ1) is 34.4. The summed E-state index contributed by atoms with van der Waals surface area (Å²) in [4.78, 5) is 0. The van der Waals surface area contributed by atoms with Crippen molar-refractivity contribution in [1.82, 2.24) is 0 Å². The van der Waals surface area contributed by atoms with Gasteiger partial charge < -0.3 is 35.3 Å². The highest BCUT2D eigenvalue weighted by Gasteiger charge is 2.18. The van der Waals surface area contributed by atoms with Crippen molar-refractivity contribution in [2.75, 3.05) is 0 Å². The maximum atomic E-state index is 6.13. The third kappa shape index (κ3) is 14.1. The first-order valence-electron chi connectivity index (χ1n) is 23.1. The summed E-state index contributed by atoms with van der Waals surface area (Å²) < 4.78 is 47.2. The third-order valence-electron chi connectivity index (χ3n) is 10.9. The van der Waals surface area contributed by atoms with Crippen LogP contribution in [-0.4, -0.2) is 0 Å². The monoisotopic (exact) mass is 926 g/mol. The molecule has 0 fully saturated rings. The molecule has 8 heteroatoms. The summed E-state index contributed by atoms with van der Waals surface area (Å²) in [5.74, 6) is 11.1. The second-order valence-electron chi connectivity index (χ2n) is 16.0. The summed E-state index contributed by atoms with van der Waals surface area (Å²) in [6, 6.07) is 31.2. The Kier molecular flexibility index (Phi) is 16.8. The van der Waals surface area contributed by atoms with E-state index in [-0.39, 0.29) is 17.8 Å². The van der Waals surface area contributed by atoms with Gasteiger partial charge in [-0.25, -0.2) is 0 Å². The van der Waals surface area contributed by atoms with E-state index >= 15 is 0 Å². The zero-order chi connectivity index (χ0) is 48.2. The lowest BCUT2D eigenvalue weighted by atomic mass is 10.1. The molecular weight excluding hydrogens is 873 g/mol. The lowest BCUT2D eigenvalue weighted by molar-refractivity contribution is 0.432. The van der Waals surface area contributed by atoms with Crippen LogP contribution in [0.3, 0.4) is 0 Å². The molecule has 2 atom stereocenters. The van der Waals surface area contributed by atoms with E-state index in [1.807, 2.05) is 243 Å². The molecule has 0 saturated carbocycles. The van der Waals surface area contributed by atoms with Gasteiger partial charge in [0.1, 0.15) is 80.6 Å². The van der Waals surface area contributed by atoms with Crippen molar-refractivity contribution in [3.8, 4) is 0 Å². The Morgan fingerprint density at radius 1 is 0.243 bits per heavy atom. The number of allylic oxidation sites excluding steroid dienone is 16. The first kappa shape index (κ1) is 47.6. The van der Waals surface area contributed by atoms with Crippen LogP contribution in [0.1, 0.15) is 119 Å². The minimum Gasteiger partial charge on any atom is -0.465 e. The summed E-state index contributed by atoms with van der Waals surface area (Å²) in [7, 11) is 0.